The van der Waals surface area contributed by atoms with Gasteiger partial charge in [0, 0.05) is 32.9 Å². The van der Waals surface area contributed by atoms with Gasteiger partial charge in [-0.25, -0.2) is 9.37 Å². The van der Waals surface area contributed by atoms with Crippen LogP contribution in [-0.2, 0) is 0 Å². The fourth-order valence-corrected chi connectivity index (χ4v) is 4.22. The third kappa shape index (κ3) is 4.26. The second-order valence-electron chi connectivity index (χ2n) is 6.67. The van der Waals surface area contributed by atoms with Gasteiger partial charge in [-0.2, -0.15) is 5.10 Å². The number of nitrogens with zero attached hydrogens (tertiary/aromatic N) is 3. The first-order chi connectivity index (χ1) is 14.4. The van der Waals surface area contributed by atoms with Crippen LogP contribution in [0.25, 0.3) is 16.9 Å². The second-order valence-corrected chi connectivity index (χ2v) is 8.37. The SMILES string of the molecule is Cc1cc(/C=N\Nc2nc(-c3ccc(F)cc3)cs2)c(C)n1-c1cc(Cl)ccc1Cl. The van der Waals surface area contributed by atoms with E-state index < -0.39 is 0 Å². The zero-order valence-corrected chi connectivity index (χ0v) is 18.5. The number of hydrogen-bond donors (Lipinski definition) is 1. The molecule has 0 atom stereocenters. The Bertz CT molecular complexity index is 1230. The van der Waals surface area contributed by atoms with Gasteiger partial charge < -0.3 is 4.57 Å². The van der Waals surface area contributed by atoms with Gasteiger partial charge >= 0.3 is 0 Å². The second kappa shape index (κ2) is 8.60. The molecule has 2 heterocycles. The molecule has 0 amide bonds. The fourth-order valence-electron chi connectivity index (χ4n) is 3.18. The standard InChI is InChI=1S/C22H17Cl2FN4S/c1-13-9-16(14(2)29(13)21-10-17(23)5-8-19(21)24)11-26-28-22-27-20(12-30-22)15-3-6-18(25)7-4-15/h3-12H,1-2H3,(H,27,28)/b26-11-. The monoisotopic (exact) mass is 458 g/mol. The summed E-state index contributed by atoms with van der Waals surface area (Å²) in [5, 5.41) is 8.12. The van der Waals surface area contributed by atoms with E-state index in [-0.39, 0.29) is 5.82 Å². The maximum absolute atomic E-state index is 13.1. The number of thiazole rings is 1. The van der Waals surface area contributed by atoms with Crippen molar-refractivity contribution in [2.45, 2.75) is 13.8 Å². The zero-order chi connectivity index (χ0) is 21.3. The van der Waals surface area contributed by atoms with Gasteiger partial charge in [0.05, 0.1) is 22.6 Å². The van der Waals surface area contributed by atoms with E-state index in [9.17, 15) is 4.39 Å². The van der Waals surface area contributed by atoms with Gasteiger partial charge in [0.25, 0.3) is 0 Å². The average Bonchev–Trinajstić information content (AvgIpc) is 3.29. The average molecular weight is 459 g/mol. The van der Waals surface area contributed by atoms with Crippen molar-refractivity contribution in [3.63, 3.8) is 0 Å². The summed E-state index contributed by atoms with van der Waals surface area (Å²) in [6.45, 7) is 4.01. The van der Waals surface area contributed by atoms with Gasteiger partial charge in [-0.05, 0) is 62.4 Å². The molecule has 0 bridgehead atoms. The predicted octanol–water partition coefficient (Wildman–Crippen LogP) is 7.11. The summed E-state index contributed by atoms with van der Waals surface area (Å²) in [4.78, 5) is 4.49. The van der Waals surface area contributed by atoms with Crippen LogP contribution >= 0.6 is 34.5 Å². The van der Waals surface area contributed by atoms with E-state index in [4.69, 9.17) is 23.2 Å². The molecule has 1 N–H and O–H groups in total. The van der Waals surface area contributed by atoms with E-state index >= 15 is 0 Å². The smallest absolute Gasteiger partial charge is 0.203 e. The Labute approximate surface area is 187 Å². The van der Waals surface area contributed by atoms with Crippen molar-refractivity contribution < 1.29 is 4.39 Å². The molecule has 0 aliphatic heterocycles. The normalized spacial score (nSPS) is 11.4. The number of hydrazone groups is 1. The molecule has 30 heavy (non-hydrogen) atoms. The Kier molecular flexibility index (Phi) is 5.90. The first-order valence-corrected chi connectivity index (χ1v) is 10.7. The third-order valence-corrected chi connectivity index (χ3v) is 5.93. The number of benzene rings is 2. The molecule has 4 aromatic rings. The van der Waals surface area contributed by atoms with E-state index in [1.165, 1.54) is 23.5 Å². The van der Waals surface area contributed by atoms with Crippen LogP contribution in [0.5, 0.6) is 0 Å². The molecule has 4 rings (SSSR count). The lowest BCUT2D eigenvalue weighted by atomic mass is 10.2. The molecule has 2 aromatic heterocycles. The van der Waals surface area contributed by atoms with Crippen molar-refractivity contribution in [2.24, 2.45) is 5.10 Å². The largest absolute Gasteiger partial charge is 0.316 e. The highest BCUT2D eigenvalue weighted by atomic mass is 35.5. The molecule has 0 spiro atoms. The van der Waals surface area contributed by atoms with Crippen LogP contribution in [0, 0.1) is 19.7 Å². The van der Waals surface area contributed by atoms with Gasteiger partial charge in [0.1, 0.15) is 5.82 Å². The summed E-state index contributed by atoms with van der Waals surface area (Å²) in [6, 6.07) is 13.7. The lowest BCUT2D eigenvalue weighted by Gasteiger charge is -2.12. The Morgan fingerprint density at radius 2 is 1.87 bits per heavy atom. The van der Waals surface area contributed by atoms with Crippen LogP contribution in [0.4, 0.5) is 9.52 Å². The number of nitrogens with one attached hydrogen (secondary N) is 1. The van der Waals surface area contributed by atoms with Gasteiger partial charge in [-0.3, -0.25) is 5.43 Å². The molecule has 4 nitrogen and oxygen atoms in total. The van der Waals surface area contributed by atoms with E-state index in [0.29, 0.717) is 15.2 Å². The Morgan fingerprint density at radius 3 is 2.63 bits per heavy atom. The van der Waals surface area contributed by atoms with Gasteiger partial charge in [-0.1, -0.05) is 23.2 Å². The summed E-state index contributed by atoms with van der Waals surface area (Å²) in [6.07, 6.45) is 1.75. The number of anilines is 1. The quantitative estimate of drug-likeness (QED) is 0.255. The van der Waals surface area contributed by atoms with Crippen LogP contribution in [-0.4, -0.2) is 15.8 Å². The molecule has 0 fully saturated rings. The van der Waals surface area contributed by atoms with E-state index in [1.807, 2.05) is 35.9 Å². The van der Waals surface area contributed by atoms with Gasteiger partial charge in [0.2, 0.25) is 5.13 Å². The third-order valence-electron chi connectivity index (χ3n) is 4.63. The Hall–Kier alpha value is -2.67. The fraction of sp³-hybridized carbons (Fsp3) is 0.0909. The lowest BCUT2D eigenvalue weighted by Crippen LogP contribution is -2.00. The summed E-state index contributed by atoms with van der Waals surface area (Å²) in [7, 11) is 0. The van der Waals surface area contributed by atoms with E-state index in [2.05, 4.69) is 15.5 Å². The number of aryl methyl sites for hydroxylation is 1. The minimum atomic E-state index is -0.270. The van der Waals surface area contributed by atoms with Crippen molar-refractivity contribution in [3.05, 3.63) is 86.7 Å². The highest BCUT2D eigenvalue weighted by Crippen LogP contribution is 2.29. The summed E-state index contributed by atoms with van der Waals surface area (Å²) in [5.41, 5.74) is 8.37. The summed E-state index contributed by atoms with van der Waals surface area (Å²) >= 11 is 14.0. The van der Waals surface area contributed by atoms with E-state index in [0.717, 1.165) is 33.9 Å². The minimum Gasteiger partial charge on any atom is -0.316 e. The lowest BCUT2D eigenvalue weighted by molar-refractivity contribution is 0.628. The van der Waals surface area contributed by atoms with Crippen LogP contribution in [0.2, 0.25) is 10.0 Å². The van der Waals surface area contributed by atoms with Crippen LogP contribution in [0.15, 0.2) is 59.0 Å². The van der Waals surface area contributed by atoms with Gasteiger partial charge in [0.15, 0.2) is 0 Å². The summed E-state index contributed by atoms with van der Waals surface area (Å²) in [5.74, 6) is -0.270. The van der Waals surface area contributed by atoms with Crippen molar-refractivity contribution >= 4 is 45.9 Å². The molecular formula is C22H17Cl2FN4S. The first-order valence-electron chi connectivity index (χ1n) is 9.07. The number of aromatic nitrogens is 2. The van der Waals surface area contributed by atoms with Crippen LogP contribution < -0.4 is 5.43 Å². The van der Waals surface area contributed by atoms with Crippen LogP contribution in [0.1, 0.15) is 17.0 Å². The van der Waals surface area contributed by atoms with Crippen LogP contribution in [0.3, 0.4) is 0 Å². The Balaban J connectivity index is 1.53. The van der Waals surface area contributed by atoms with Crippen molar-refractivity contribution in [2.75, 3.05) is 5.43 Å². The topological polar surface area (TPSA) is 42.2 Å². The Morgan fingerprint density at radius 1 is 1.10 bits per heavy atom. The molecule has 0 saturated heterocycles. The molecule has 0 aliphatic rings. The highest BCUT2D eigenvalue weighted by Gasteiger charge is 2.13. The van der Waals surface area contributed by atoms with Gasteiger partial charge in [-0.15, -0.1) is 11.3 Å². The predicted molar refractivity (Wildman–Crippen MR) is 124 cm³/mol. The molecule has 152 valence electrons. The molecule has 8 heteroatoms. The highest BCUT2D eigenvalue weighted by molar-refractivity contribution is 7.14. The van der Waals surface area contributed by atoms with Crippen molar-refractivity contribution in [1.29, 1.82) is 0 Å². The number of halogens is 3. The molecule has 0 radical (unpaired) electrons. The van der Waals surface area contributed by atoms with Crippen molar-refractivity contribution in [3.8, 4) is 16.9 Å². The molecule has 0 aliphatic carbocycles. The maximum Gasteiger partial charge on any atom is 0.203 e. The minimum absolute atomic E-state index is 0.270. The molecule has 0 saturated carbocycles. The molecular weight excluding hydrogens is 442 g/mol. The zero-order valence-electron chi connectivity index (χ0n) is 16.2. The van der Waals surface area contributed by atoms with E-state index in [1.54, 1.807) is 30.5 Å². The number of hydrogen-bond acceptors (Lipinski definition) is 4. The number of rotatable bonds is 5. The molecule has 0 unspecified atom stereocenters. The van der Waals surface area contributed by atoms with Crippen molar-refractivity contribution in [1.82, 2.24) is 9.55 Å². The summed E-state index contributed by atoms with van der Waals surface area (Å²) < 4.78 is 15.1. The first kappa shape index (κ1) is 20.6. The molecule has 2 aromatic carbocycles. The maximum atomic E-state index is 13.1.